The highest BCUT2D eigenvalue weighted by Gasteiger charge is 2.23. The molecule has 0 saturated heterocycles. The van der Waals surface area contributed by atoms with Gasteiger partial charge in [0.15, 0.2) is 0 Å². The fraction of sp³-hybridized carbons (Fsp3) is 0.571. The van der Waals surface area contributed by atoms with Crippen LogP contribution in [0.25, 0.3) is 0 Å². The number of benzene rings is 1. The van der Waals surface area contributed by atoms with Gasteiger partial charge in [-0.25, -0.2) is 13.1 Å². The lowest BCUT2D eigenvalue weighted by atomic mass is 9.88. The van der Waals surface area contributed by atoms with E-state index in [-0.39, 0.29) is 18.4 Å². The predicted octanol–water partition coefficient (Wildman–Crippen LogP) is 1.76. The van der Waals surface area contributed by atoms with Gasteiger partial charge in [0.25, 0.3) is 0 Å². The summed E-state index contributed by atoms with van der Waals surface area (Å²) in [6.07, 6.45) is 3.93. The van der Waals surface area contributed by atoms with E-state index in [0.29, 0.717) is 12.8 Å². The van der Waals surface area contributed by atoms with E-state index < -0.39 is 10.0 Å². The molecule has 0 amide bonds. The van der Waals surface area contributed by atoms with Gasteiger partial charge in [-0.3, -0.25) is 0 Å². The monoisotopic (exact) mass is 283 g/mol. The zero-order chi connectivity index (χ0) is 13.7. The molecule has 0 saturated carbocycles. The van der Waals surface area contributed by atoms with Crippen LogP contribution >= 0.6 is 0 Å². The molecule has 1 aliphatic carbocycles. The molecule has 4 nitrogen and oxygen atoms in total. The molecule has 19 heavy (non-hydrogen) atoms. The number of sulfonamides is 1. The Bertz CT molecular complexity index is 513. The average molecular weight is 283 g/mol. The summed E-state index contributed by atoms with van der Waals surface area (Å²) >= 11 is 0. The molecule has 0 aromatic heterocycles. The molecule has 0 aliphatic heterocycles. The first kappa shape index (κ1) is 14.5. The lowest BCUT2D eigenvalue weighted by Gasteiger charge is -2.26. The van der Waals surface area contributed by atoms with Gasteiger partial charge in [0, 0.05) is 12.6 Å². The summed E-state index contributed by atoms with van der Waals surface area (Å²) in [5.74, 6) is 0.0895. The SMILES string of the molecule is O=S(=O)(CCCCO)NC1CCCc2ccccc21. The minimum absolute atomic E-state index is 0.0434. The second kappa shape index (κ2) is 6.50. The molecule has 1 aromatic rings. The average Bonchev–Trinajstić information content (AvgIpc) is 2.39. The molecule has 0 fully saturated rings. The van der Waals surface area contributed by atoms with Crippen molar-refractivity contribution in [3.05, 3.63) is 35.4 Å². The largest absolute Gasteiger partial charge is 0.396 e. The van der Waals surface area contributed by atoms with Gasteiger partial charge in [0.05, 0.1) is 5.75 Å². The van der Waals surface area contributed by atoms with Crippen LogP contribution in [0.3, 0.4) is 0 Å². The highest BCUT2D eigenvalue weighted by atomic mass is 32.2. The second-order valence-electron chi connectivity index (χ2n) is 5.01. The number of aliphatic hydroxyl groups is 1. The Hall–Kier alpha value is -0.910. The molecule has 2 rings (SSSR count). The van der Waals surface area contributed by atoms with E-state index >= 15 is 0 Å². The molecular formula is C14H21NO3S. The van der Waals surface area contributed by atoms with Crippen LogP contribution in [-0.2, 0) is 16.4 Å². The van der Waals surface area contributed by atoms with E-state index in [0.717, 1.165) is 24.8 Å². The Morgan fingerprint density at radius 1 is 1.26 bits per heavy atom. The molecule has 0 radical (unpaired) electrons. The minimum Gasteiger partial charge on any atom is -0.396 e. The van der Waals surface area contributed by atoms with E-state index in [4.69, 9.17) is 5.11 Å². The number of hydrogen-bond acceptors (Lipinski definition) is 3. The van der Waals surface area contributed by atoms with Crippen LogP contribution < -0.4 is 4.72 Å². The molecule has 5 heteroatoms. The number of nitrogens with one attached hydrogen (secondary N) is 1. The van der Waals surface area contributed by atoms with Crippen LogP contribution in [0, 0.1) is 0 Å². The number of aryl methyl sites for hydroxylation is 1. The van der Waals surface area contributed by atoms with Crippen molar-refractivity contribution in [2.24, 2.45) is 0 Å². The Morgan fingerprint density at radius 2 is 2.05 bits per heavy atom. The van der Waals surface area contributed by atoms with Crippen molar-refractivity contribution in [1.29, 1.82) is 0 Å². The standard InChI is InChI=1S/C14H21NO3S/c16-10-3-4-11-19(17,18)15-14-9-5-7-12-6-1-2-8-13(12)14/h1-2,6,8,14-16H,3-5,7,9-11H2. The first-order valence-corrected chi connectivity index (χ1v) is 8.46. The van der Waals surface area contributed by atoms with Crippen molar-refractivity contribution >= 4 is 10.0 Å². The summed E-state index contributed by atoms with van der Waals surface area (Å²) < 4.78 is 26.8. The molecule has 0 heterocycles. The van der Waals surface area contributed by atoms with Crippen LogP contribution in [0.5, 0.6) is 0 Å². The van der Waals surface area contributed by atoms with E-state index in [9.17, 15) is 8.42 Å². The summed E-state index contributed by atoms with van der Waals surface area (Å²) in [5.41, 5.74) is 2.36. The van der Waals surface area contributed by atoms with Gasteiger partial charge in [-0.15, -0.1) is 0 Å². The van der Waals surface area contributed by atoms with Crippen molar-refractivity contribution in [1.82, 2.24) is 4.72 Å². The van der Waals surface area contributed by atoms with Crippen molar-refractivity contribution in [3.8, 4) is 0 Å². The summed E-state index contributed by atoms with van der Waals surface area (Å²) in [7, 11) is -3.26. The zero-order valence-corrected chi connectivity index (χ0v) is 11.8. The maximum Gasteiger partial charge on any atom is 0.212 e. The van der Waals surface area contributed by atoms with E-state index in [1.807, 2.05) is 18.2 Å². The highest BCUT2D eigenvalue weighted by Crippen LogP contribution is 2.29. The van der Waals surface area contributed by atoms with E-state index in [2.05, 4.69) is 10.8 Å². The fourth-order valence-electron chi connectivity index (χ4n) is 2.56. The van der Waals surface area contributed by atoms with Crippen LogP contribution in [0.15, 0.2) is 24.3 Å². The molecule has 1 atom stereocenters. The molecule has 1 aliphatic rings. The Kier molecular flexibility index (Phi) is 4.96. The Balaban J connectivity index is 2.04. The normalized spacial score (nSPS) is 19.1. The summed E-state index contributed by atoms with van der Waals surface area (Å²) in [6, 6.07) is 7.94. The third kappa shape index (κ3) is 4.03. The number of hydrogen-bond donors (Lipinski definition) is 2. The third-order valence-electron chi connectivity index (χ3n) is 3.51. The Morgan fingerprint density at radius 3 is 2.84 bits per heavy atom. The van der Waals surface area contributed by atoms with Crippen molar-refractivity contribution in [3.63, 3.8) is 0 Å². The van der Waals surface area contributed by atoms with Crippen LogP contribution in [0.4, 0.5) is 0 Å². The van der Waals surface area contributed by atoms with Gasteiger partial charge in [0.1, 0.15) is 0 Å². The van der Waals surface area contributed by atoms with E-state index in [1.54, 1.807) is 0 Å². The molecule has 106 valence electrons. The topological polar surface area (TPSA) is 66.4 Å². The molecule has 0 spiro atoms. The van der Waals surface area contributed by atoms with Gasteiger partial charge >= 0.3 is 0 Å². The van der Waals surface area contributed by atoms with Crippen molar-refractivity contribution in [2.45, 2.75) is 38.1 Å². The number of rotatable bonds is 6. The first-order valence-electron chi connectivity index (χ1n) is 6.81. The van der Waals surface area contributed by atoms with Gasteiger partial charge in [-0.1, -0.05) is 24.3 Å². The molecule has 1 aromatic carbocycles. The first-order chi connectivity index (χ1) is 9.12. The fourth-order valence-corrected chi connectivity index (χ4v) is 3.94. The minimum atomic E-state index is -3.26. The quantitative estimate of drug-likeness (QED) is 0.782. The molecule has 0 bridgehead atoms. The number of unbranched alkanes of at least 4 members (excludes halogenated alkanes) is 1. The van der Waals surface area contributed by atoms with Crippen molar-refractivity contribution < 1.29 is 13.5 Å². The summed E-state index contributed by atoms with van der Waals surface area (Å²) in [6.45, 7) is 0.0434. The van der Waals surface area contributed by atoms with Gasteiger partial charge in [-0.2, -0.15) is 0 Å². The molecule has 2 N–H and O–H groups in total. The Labute approximate surface area is 114 Å². The van der Waals surface area contributed by atoms with Crippen LogP contribution in [-0.4, -0.2) is 25.9 Å². The smallest absolute Gasteiger partial charge is 0.212 e. The molecule has 1 unspecified atom stereocenters. The van der Waals surface area contributed by atoms with Crippen LogP contribution in [0.2, 0.25) is 0 Å². The van der Waals surface area contributed by atoms with E-state index in [1.165, 1.54) is 5.56 Å². The highest BCUT2D eigenvalue weighted by molar-refractivity contribution is 7.89. The number of aliphatic hydroxyl groups excluding tert-OH is 1. The maximum absolute atomic E-state index is 12.0. The van der Waals surface area contributed by atoms with Gasteiger partial charge in [-0.05, 0) is 43.2 Å². The molecular weight excluding hydrogens is 262 g/mol. The summed E-state index contributed by atoms with van der Waals surface area (Å²) in [4.78, 5) is 0. The van der Waals surface area contributed by atoms with Crippen molar-refractivity contribution in [2.75, 3.05) is 12.4 Å². The van der Waals surface area contributed by atoms with Gasteiger partial charge in [0.2, 0.25) is 10.0 Å². The maximum atomic E-state index is 12.0. The third-order valence-corrected chi connectivity index (χ3v) is 4.98. The van der Waals surface area contributed by atoms with Gasteiger partial charge < -0.3 is 5.11 Å². The predicted molar refractivity (Wildman–Crippen MR) is 75.4 cm³/mol. The lowest BCUT2D eigenvalue weighted by Crippen LogP contribution is -2.32. The summed E-state index contributed by atoms with van der Waals surface area (Å²) in [5, 5.41) is 8.70. The van der Waals surface area contributed by atoms with Crippen LogP contribution in [0.1, 0.15) is 42.9 Å². The number of fused-ring (bicyclic) bond motifs is 1. The lowest BCUT2D eigenvalue weighted by molar-refractivity contribution is 0.287. The second-order valence-corrected chi connectivity index (χ2v) is 6.88. The zero-order valence-electron chi connectivity index (χ0n) is 11.0.